The SMILES string of the molecule is CC(=O)NC(Cc1c[nH]c2ccccc12)C(=O)Nc1ccc2oc(=O)[nH]c2c1. The highest BCUT2D eigenvalue weighted by Crippen LogP contribution is 2.20. The number of benzene rings is 2. The Hall–Kier alpha value is -3.81. The molecule has 1 unspecified atom stereocenters. The first-order valence-electron chi connectivity index (χ1n) is 8.75. The molecule has 0 spiro atoms. The number of aromatic amines is 2. The van der Waals surface area contributed by atoms with E-state index in [1.165, 1.54) is 6.92 Å². The molecule has 142 valence electrons. The molecule has 0 saturated heterocycles. The van der Waals surface area contributed by atoms with Gasteiger partial charge < -0.3 is 20.0 Å². The van der Waals surface area contributed by atoms with Crippen LogP contribution in [0.5, 0.6) is 0 Å². The molecule has 1 atom stereocenters. The molecule has 2 heterocycles. The second-order valence-electron chi connectivity index (χ2n) is 6.53. The molecule has 4 rings (SSSR count). The van der Waals surface area contributed by atoms with Crippen LogP contribution in [0.1, 0.15) is 12.5 Å². The zero-order chi connectivity index (χ0) is 19.7. The molecule has 0 saturated carbocycles. The Morgan fingerprint density at radius 2 is 1.96 bits per heavy atom. The highest BCUT2D eigenvalue weighted by molar-refractivity contribution is 5.98. The van der Waals surface area contributed by atoms with Crippen molar-refractivity contribution in [2.75, 3.05) is 5.32 Å². The maximum atomic E-state index is 12.8. The van der Waals surface area contributed by atoms with Crippen LogP contribution in [0.3, 0.4) is 0 Å². The normalized spacial score (nSPS) is 12.2. The zero-order valence-electron chi connectivity index (χ0n) is 15.0. The average Bonchev–Trinajstić information content (AvgIpc) is 3.23. The second-order valence-corrected chi connectivity index (χ2v) is 6.53. The molecule has 0 aliphatic heterocycles. The molecule has 0 fully saturated rings. The number of carbonyl (C=O) groups excluding carboxylic acids is 2. The van der Waals surface area contributed by atoms with Crippen molar-refractivity contribution in [3.8, 4) is 0 Å². The molecule has 4 N–H and O–H groups in total. The lowest BCUT2D eigenvalue weighted by Crippen LogP contribution is -2.44. The molecule has 0 aliphatic carbocycles. The Bertz CT molecular complexity index is 1230. The lowest BCUT2D eigenvalue weighted by Gasteiger charge is -2.17. The summed E-state index contributed by atoms with van der Waals surface area (Å²) < 4.78 is 4.95. The summed E-state index contributed by atoms with van der Waals surface area (Å²) in [7, 11) is 0. The Morgan fingerprint density at radius 3 is 2.79 bits per heavy atom. The van der Waals surface area contributed by atoms with E-state index in [-0.39, 0.29) is 11.8 Å². The van der Waals surface area contributed by atoms with Crippen molar-refractivity contribution in [3.63, 3.8) is 0 Å². The van der Waals surface area contributed by atoms with E-state index in [0.717, 1.165) is 16.5 Å². The summed E-state index contributed by atoms with van der Waals surface area (Å²) in [5.74, 6) is -1.21. The lowest BCUT2D eigenvalue weighted by molar-refractivity contribution is -0.125. The molecule has 8 heteroatoms. The number of para-hydroxylation sites is 1. The van der Waals surface area contributed by atoms with Crippen LogP contribution < -0.4 is 16.4 Å². The van der Waals surface area contributed by atoms with Gasteiger partial charge in [0, 0.05) is 36.1 Å². The van der Waals surface area contributed by atoms with E-state index in [4.69, 9.17) is 4.42 Å². The summed E-state index contributed by atoms with van der Waals surface area (Å²) in [6, 6.07) is 11.8. The molecule has 0 radical (unpaired) electrons. The molecule has 8 nitrogen and oxygen atoms in total. The fourth-order valence-corrected chi connectivity index (χ4v) is 3.23. The number of fused-ring (bicyclic) bond motifs is 2. The van der Waals surface area contributed by atoms with Crippen LogP contribution in [0.4, 0.5) is 5.69 Å². The van der Waals surface area contributed by atoms with E-state index in [1.807, 2.05) is 30.5 Å². The first-order valence-corrected chi connectivity index (χ1v) is 8.75. The number of anilines is 1. The summed E-state index contributed by atoms with van der Waals surface area (Å²) >= 11 is 0. The Kier molecular flexibility index (Phi) is 4.44. The van der Waals surface area contributed by atoms with E-state index >= 15 is 0 Å². The summed E-state index contributed by atoms with van der Waals surface area (Å²) in [5, 5.41) is 6.49. The number of aromatic nitrogens is 2. The molecular weight excluding hydrogens is 360 g/mol. The summed E-state index contributed by atoms with van der Waals surface area (Å²) in [6.07, 6.45) is 2.18. The van der Waals surface area contributed by atoms with Crippen LogP contribution in [-0.2, 0) is 16.0 Å². The minimum absolute atomic E-state index is 0.297. The van der Waals surface area contributed by atoms with Gasteiger partial charge in [-0.05, 0) is 29.8 Å². The Labute approximate surface area is 158 Å². The van der Waals surface area contributed by atoms with Gasteiger partial charge in [0.2, 0.25) is 11.8 Å². The first kappa shape index (κ1) is 17.6. The van der Waals surface area contributed by atoms with Gasteiger partial charge in [-0.25, -0.2) is 4.79 Å². The third-order valence-corrected chi connectivity index (χ3v) is 4.48. The molecule has 0 bridgehead atoms. The number of carbonyl (C=O) groups is 2. The summed E-state index contributed by atoms with van der Waals surface area (Å²) in [6.45, 7) is 1.37. The fraction of sp³-hybridized carbons (Fsp3) is 0.150. The minimum Gasteiger partial charge on any atom is -0.408 e. The largest absolute Gasteiger partial charge is 0.417 e. The Morgan fingerprint density at radius 1 is 1.14 bits per heavy atom. The molecule has 2 aromatic carbocycles. The van der Waals surface area contributed by atoms with Gasteiger partial charge in [-0.3, -0.25) is 14.6 Å². The second kappa shape index (κ2) is 7.07. The van der Waals surface area contributed by atoms with Gasteiger partial charge in [-0.1, -0.05) is 18.2 Å². The quantitative estimate of drug-likeness (QED) is 0.426. The smallest absolute Gasteiger partial charge is 0.408 e. The van der Waals surface area contributed by atoms with Gasteiger partial charge in [-0.15, -0.1) is 0 Å². The van der Waals surface area contributed by atoms with Crippen molar-refractivity contribution in [1.29, 1.82) is 0 Å². The standard InChI is InChI=1S/C20H18N4O4/c1-11(25)22-17(8-12-10-21-15-5-3-2-4-14(12)15)19(26)23-13-6-7-18-16(9-13)24-20(27)28-18/h2-7,9-10,17,21H,8H2,1H3,(H,22,25)(H,23,26)(H,24,27). The minimum atomic E-state index is -0.754. The fourth-order valence-electron chi connectivity index (χ4n) is 3.23. The van der Waals surface area contributed by atoms with E-state index in [1.54, 1.807) is 18.2 Å². The van der Waals surface area contributed by atoms with Crippen LogP contribution in [0.25, 0.3) is 22.0 Å². The average molecular weight is 378 g/mol. The van der Waals surface area contributed by atoms with Crippen LogP contribution in [0.15, 0.2) is 57.9 Å². The number of H-pyrrole nitrogens is 2. The molecule has 2 aromatic heterocycles. The van der Waals surface area contributed by atoms with Crippen molar-refractivity contribution >= 4 is 39.5 Å². The van der Waals surface area contributed by atoms with Crippen LogP contribution >= 0.6 is 0 Å². The maximum absolute atomic E-state index is 12.8. The lowest BCUT2D eigenvalue weighted by atomic mass is 10.0. The van der Waals surface area contributed by atoms with Crippen LogP contribution in [0.2, 0.25) is 0 Å². The van der Waals surface area contributed by atoms with Crippen molar-refractivity contribution in [2.45, 2.75) is 19.4 Å². The molecule has 4 aromatic rings. The topological polar surface area (TPSA) is 120 Å². The van der Waals surface area contributed by atoms with E-state index < -0.39 is 11.8 Å². The van der Waals surface area contributed by atoms with Crippen LogP contribution in [0, 0.1) is 0 Å². The van der Waals surface area contributed by atoms with Crippen molar-refractivity contribution in [2.24, 2.45) is 0 Å². The predicted octanol–water partition coefficient (Wildman–Crippen LogP) is 2.29. The number of hydrogen-bond donors (Lipinski definition) is 4. The molecule has 28 heavy (non-hydrogen) atoms. The van der Waals surface area contributed by atoms with Gasteiger partial charge in [0.1, 0.15) is 6.04 Å². The number of rotatable bonds is 5. The van der Waals surface area contributed by atoms with E-state index in [9.17, 15) is 14.4 Å². The van der Waals surface area contributed by atoms with E-state index in [2.05, 4.69) is 20.6 Å². The molecular formula is C20H18N4O4. The molecule has 0 aliphatic rings. The van der Waals surface area contributed by atoms with Crippen molar-refractivity contribution in [3.05, 3.63) is 64.8 Å². The van der Waals surface area contributed by atoms with Crippen molar-refractivity contribution in [1.82, 2.24) is 15.3 Å². The summed E-state index contributed by atoms with van der Waals surface area (Å²) in [5.41, 5.74) is 3.27. The monoisotopic (exact) mass is 378 g/mol. The highest BCUT2D eigenvalue weighted by atomic mass is 16.4. The van der Waals surface area contributed by atoms with Gasteiger partial charge in [0.05, 0.1) is 5.52 Å². The third kappa shape index (κ3) is 3.52. The Balaban J connectivity index is 1.57. The predicted molar refractivity (Wildman–Crippen MR) is 105 cm³/mol. The molecule has 2 amide bonds. The van der Waals surface area contributed by atoms with Crippen molar-refractivity contribution < 1.29 is 14.0 Å². The van der Waals surface area contributed by atoms with Crippen LogP contribution in [-0.4, -0.2) is 27.8 Å². The highest BCUT2D eigenvalue weighted by Gasteiger charge is 2.22. The zero-order valence-corrected chi connectivity index (χ0v) is 15.0. The number of amides is 2. The maximum Gasteiger partial charge on any atom is 0.417 e. The van der Waals surface area contributed by atoms with E-state index in [0.29, 0.717) is 23.2 Å². The number of nitrogens with one attached hydrogen (secondary N) is 4. The third-order valence-electron chi connectivity index (χ3n) is 4.48. The van der Waals surface area contributed by atoms with Gasteiger partial charge in [0.15, 0.2) is 5.58 Å². The number of oxazole rings is 1. The number of hydrogen-bond acceptors (Lipinski definition) is 4. The van der Waals surface area contributed by atoms with Gasteiger partial charge in [-0.2, -0.15) is 0 Å². The summed E-state index contributed by atoms with van der Waals surface area (Å²) in [4.78, 5) is 41.4. The first-order chi connectivity index (χ1) is 13.5. The van der Waals surface area contributed by atoms with Gasteiger partial charge in [0.25, 0.3) is 0 Å². The van der Waals surface area contributed by atoms with Gasteiger partial charge >= 0.3 is 5.76 Å².